The van der Waals surface area contributed by atoms with Gasteiger partial charge in [-0.2, -0.15) is 0 Å². The van der Waals surface area contributed by atoms with Gasteiger partial charge in [0.25, 0.3) is 0 Å². The Morgan fingerprint density at radius 1 is 1.14 bits per heavy atom. The highest BCUT2D eigenvalue weighted by molar-refractivity contribution is 6.45. The molecule has 2 aliphatic rings. The average Bonchev–Trinajstić information content (AvgIpc) is 2.61. The third kappa shape index (κ3) is 2.96. The Morgan fingerprint density at radius 2 is 1.68 bits per heavy atom. The van der Waals surface area contributed by atoms with Crippen molar-refractivity contribution in [3.05, 3.63) is 0 Å². The lowest BCUT2D eigenvalue weighted by molar-refractivity contribution is -0.148. The van der Waals surface area contributed by atoms with Crippen molar-refractivity contribution in [1.82, 2.24) is 14.7 Å². The molecule has 0 N–H and O–H groups in total. The van der Waals surface area contributed by atoms with E-state index in [1.54, 1.807) is 18.7 Å². The van der Waals surface area contributed by atoms with Crippen molar-refractivity contribution in [2.24, 2.45) is 0 Å². The van der Waals surface area contributed by atoms with Crippen molar-refractivity contribution >= 4 is 23.8 Å². The maximum atomic E-state index is 12.3. The van der Waals surface area contributed by atoms with Crippen LogP contribution in [0.3, 0.4) is 0 Å². The molecule has 2 aliphatic heterocycles. The smallest absolute Gasteiger partial charge is 0.334 e. The molecule has 0 unspecified atom stereocenters. The molecule has 8 heteroatoms. The Balaban J connectivity index is 2.07. The van der Waals surface area contributed by atoms with Gasteiger partial charge in [-0.3, -0.25) is 19.3 Å². The Bertz CT molecular complexity index is 509. The highest BCUT2D eigenvalue weighted by Crippen LogP contribution is 2.17. The molecule has 0 aromatic carbocycles. The molecule has 0 aromatic rings. The summed E-state index contributed by atoms with van der Waals surface area (Å²) in [6.45, 7) is 7.38. The van der Waals surface area contributed by atoms with Crippen LogP contribution in [0, 0.1) is 0 Å². The zero-order valence-electron chi connectivity index (χ0n) is 13.2. The minimum absolute atomic E-state index is 0.105. The summed E-state index contributed by atoms with van der Waals surface area (Å²) < 4.78 is 5.54. The van der Waals surface area contributed by atoms with Gasteiger partial charge in [-0.05, 0) is 27.7 Å². The summed E-state index contributed by atoms with van der Waals surface area (Å²) in [6.07, 6.45) is -0.210. The Morgan fingerprint density at radius 3 is 2.14 bits per heavy atom. The Kier molecular flexibility index (Phi) is 4.50. The fourth-order valence-corrected chi connectivity index (χ4v) is 2.73. The van der Waals surface area contributed by atoms with Crippen LogP contribution in [0.1, 0.15) is 27.7 Å². The van der Waals surface area contributed by atoms with Crippen molar-refractivity contribution < 1.29 is 23.9 Å². The van der Waals surface area contributed by atoms with E-state index in [1.165, 1.54) is 0 Å². The van der Waals surface area contributed by atoms with E-state index >= 15 is 0 Å². The van der Waals surface area contributed by atoms with Crippen molar-refractivity contribution in [1.29, 1.82) is 0 Å². The molecule has 0 bridgehead atoms. The van der Waals surface area contributed by atoms with Gasteiger partial charge in [0.2, 0.25) is 5.91 Å². The number of hydrogen-bond donors (Lipinski definition) is 0. The molecule has 22 heavy (non-hydrogen) atoms. The first kappa shape index (κ1) is 16.4. The normalized spacial score (nSPS) is 26.4. The summed E-state index contributed by atoms with van der Waals surface area (Å²) >= 11 is 0. The standard InChI is InChI=1S/C14H21N3O5/c1-8(2)17-13(20)12(19)16(14(17)21)7-11(18)15-5-9(3)22-10(4)6-15/h8-10H,5-7H2,1-4H3/t9-,10+. The number of imide groups is 2. The first-order chi connectivity index (χ1) is 10.2. The van der Waals surface area contributed by atoms with Crippen LogP contribution >= 0.6 is 0 Å². The van der Waals surface area contributed by atoms with Gasteiger partial charge in [0.1, 0.15) is 6.54 Å². The van der Waals surface area contributed by atoms with Crippen LogP contribution < -0.4 is 0 Å². The molecular weight excluding hydrogens is 290 g/mol. The summed E-state index contributed by atoms with van der Waals surface area (Å²) in [5, 5.41) is 0. The van der Waals surface area contributed by atoms with Gasteiger partial charge >= 0.3 is 17.8 Å². The second-order valence-electron chi connectivity index (χ2n) is 6.00. The number of ether oxygens (including phenoxy) is 1. The van der Waals surface area contributed by atoms with Gasteiger partial charge < -0.3 is 9.64 Å². The summed E-state index contributed by atoms with van der Waals surface area (Å²) in [5.74, 6) is -2.18. The monoisotopic (exact) mass is 311 g/mol. The predicted molar refractivity (Wildman–Crippen MR) is 75.7 cm³/mol. The van der Waals surface area contributed by atoms with Gasteiger partial charge in [0.15, 0.2) is 0 Å². The number of rotatable bonds is 3. The van der Waals surface area contributed by atoms with E-state index in [9.17, 15) is 19.2 Å². The van der Waals surface area contributed by atoms with E-state index in [2.05, 4.69) is 0 Å². The molecule has 0 aromatic heterocycles. The molecule has 122 valence electrons. The van der Waals surface area contributed by atoms with E-state index in [-0.39, 0.29) is 18.1 Å². The lowest BCUT2D eigenvalue weighted by atomic mass is 10.2. The summed E-state index contributed by atoms with van der Waals surface area (Å²) in [4.78, 5) is 51.3. The van der Waals surface area contributed by atoms with E-state index in [1.807, 2.05) is 13.8 Å². The third-order valence-corrected chi connectivity index (χ3v) is 3.67. The molecule has 0 spiro atoms. The Labute approximate surface area is 129 Å². The summed E-state index contributed by atoms with van der Waals surface area (Å²) in [7, 11) is 0. The van der Waals surface area contributed by atoms with Crippen LogP contribution in [0.5, 0.6) is 0 Å². The molecule has 8 nitrogen and oxygen atoms in total. The Hall–Kier alpha value is -1.96. The number of carbonyl (C=O) groups is 4. The minimum Gasteiger partial charge on any atom is -0.372 e. The molecule has 5 amide bonds. The molecule has 2 rings (SSSR count). The fourth-order valence-electron chi connectivity index (χ4n) is 2.73. The highest BCUT2D eigenvalue weighted by atomic mass is 16.5. The van der Waals surface area contributed by atoms with E-state index in [0.29, 0.717) is 13.1 Å². The van der Waals surface area contributed by atoms with Gasteiger partial charge in [-0.25, -0.2) is 9.69 Å². The lowest BCUT2D eigenvalue weighted by Crippen LogP contribution is -2.52. The second kappa shape index (κ2) is 6.04. The summed E-state index contributed by atoms with van der Waals surface area (Å²) in [6, 6.07) is -1.15. The maximum Gasteiger partial charge on any atom is 0.334 e. The maximum absolute atomic E-state index is 12.3. The van der Waals surface area contributed by atoms with Crippen molar-refractivity contribution in [3.8, 4) is 0 Å². The number of nitrogens with zero attached hydrogens (tertiary/aromatic N) is 3. The second-order valence-corrected chi connectivity index (χ2v) is 6.00. The SMILES string of the molecule is CC(C)N1C(=O)C(=O)N(CC(=O)N2C[C@@H](C)O[C@@H](C)C2)C1=O. The zero-order chi connectivity index (χ0) is 16.6. The number of morpholine rings is 1. The molecule has 2 fully saturated rings. The quantitative estimate of drug-likeness (QED) is 0.533. The highest BCUT2D eigenvalue weighted by Gasteiger charge is 2.46. The molecular formula is C14H21N3O5. The molecule has 2 saturated heterocycles. The van der Waals surface area contributed by atoms with Crippen LogP contribution in [0.25, 0.3) is 0 Å². The number of urea groups is 1. The third-order valence-electron chi connectivity index (χ3n) is 3.67. The molecule has 2 atom stereocenters. The largest absolute Gasteiger partial charge is 0.372 e. The summed E-state index contributed by atoms with van der Waals surface area (Å²) in [5.41, 5.74) is 0. The first-order valence-corrected chi connectivity index (χ1v) is 7.34. The zero-order valence-corrected chi connectivity index (χ0v) is 13.2. The van der Waals surface area contributed by atoms with Gasteiger partial charge in [-0.1, -0.05) is 0 Å². The predicted octanol–water partition coefficient (Wildman–Crippen LogP) is -0.179. The van der Waals surface area contributed by atoms with Crippen LogP contribution in [0.15, 0.2) is 0 Å². The number of amides is 5. The van der Waals surface area contributed by atoms with Crippen LogP contribution in [0.4, 0.5) is 4.79 Å². The average molecular weight is 311 g/mol. The fraction of sp³-hybridized carbons (Fsp3) is 0.714. The van der Waals surface area contributed by atoms with Crippen LogP contribution in [0.2, 0.25) is 0 Å². The molecule has 2 heterocycles. The van der Waals surface area contributed by atoms with Gasteiger partial charge in [0, 0.05) is 19.1 Å². The first-order valence-electron chi connectivity index (χ1n) is 7.34. The molecule has 0 saturated carbocycles. The van der Waals surface area contributed by atoms with Crippen LogP contribution in [-0.4, -0.2) is 76.3 Å². The van der Waals surface area contributed by atoms with Crippen molar-refractivity contribution in [3.63, 3.8) is 0 Å². The van der Waals surface area contributed by atoms with Gasteiger partial charge in [-0.15, -0.1) is 0 Å². The van der Waals surface area contributed by atoms with Crippen molar-refractivity contribution in [2.45, 2.75) is 45.9 Å². The van der Waals surface area contributed by atoms with Crippen LogP contribution in [-0.2, 0) is 19.1 Å². The van der Waals surface area contributed by atoms with Gasteiger partial charge in [0.05, 0.1) is 12.2 Å². The molecule has 0 radical (unpaired) electrons. The molecule has 0 aliphatic carbocycles. The topological polar surface area (TPSA) is 87.2 Å². The minimum atomic E-state index is -0.943. The number of carbonyl (C=O) groups excluding carboxylic acids is 4. The van der Waals surface area contributed by atoms with Crippen molar-refractivity contribution in [2.75, 3.05) is 19.6 Å². The lowest BCUT2D eigenvalue weighted by Gasteiger charge is -2.35. The van der Waals surface area contributed by atoms with E-state index in [4.69, 9.17) is 4.74 Å². The van der Waals surface area contributed by atoms with E-state index < -0.39 is 30.4 Å². The number of hydrogen-bond acceptors (Lipinski definition) is 5. The van der Waals surface area contributed by atoms with E-state index in [0.717, 1.165) is 9.80 Å².